The van der Waals surface area contributed by atoms with E-state index >= 15 is 0 Å². The number of hydrogen-bond donors (Lipinski definition) is 0. The highest BCUT2D eigenvalue weighted by atomic mass is 35.5. The molecule has 26 heavy (non-hydrogen) atoms. The molecule has 4 rings (SSSR count). The van der Waals surface area contributed by atoms with Gasteiger partial charge in [0, 0.05) is 45.1 Å². The van der Waals surface area contributed by atoms with Crippen molar-refractivity contribution in [1.82, 2.24) is 19.2 Å². The SMILES string of the molecule is O=C(c1ccccc1Cl)N1CCN(Cc2cn3cc(Cl)ccc3n2)CC1. The molecule has 1 saturated heterocycles. The van der Waals surface area contributed by atoms with Crippen molar-refractivity contribution >= 4 is 34.8 Å². The first-order chi connectivity index (χ1) is 12.6. The van der Waals surface area contributed by atoms with E-state index in [0.29, 0.717) is 28.7 Å². The Labute approximate surface area is 161 Å². The molecule has 3 heterocycles. The van der Waals surface area contributed by atoms with Crippen molar-refractivity contribution in [2.75, 3.05) is 26.2 Å². The molecule has 7 heteroatoms. The second-order valence-electron chi connectivity index (χ2n) is 6.39. The standard InChI is InChI=1S/C19H18Cl2N4O/c20-14-5-6-18-22-15(13-25(18)11-14)12-23-7-9-24(10-8-23)19(26)16-3-1-2-4-17(16)21/h1-6,11,13H,7-10,12H2. The summed E-state index contributed by atoms with van der Waals surface area (Å²) < 4.78 is 1.94. The summed E-state index contributed by atoms with van der Waals surface area (Å²) in [6.07, 6.45) is 3.86. The lowest BCUT2D eigenvalue weighted by Gasteiger charge is -2.34. The highest BCUT2D eigenvalue weighted by Crippen LogP contribution is 2.19. The molecule has 1 aliphatic heterocycles. The molecule has 0 saturated carbocycles. The monoisotopic (exact) mass is 388 g/mol. The first-order valence-electron chi connectivity index (χ1n) is 8.49. The number of imidazole rings is 1. The van der Waals surface area contributed by atoms with Crippen LogP contribution in [0.15, 0.2) is 48.8 Å². The van der Waals surface area contributed by atoms with Gasteiger partial charge < -0.3 is 9.30 Å². The Morgan fingerprint density at radius 1 is 1.00 bits per heavy atom. The molecule has 3 aromatic rings. The number of pyridine rings is 1. The first kappa shape index (κ1) is 17.3. The minimum Gasteiger partial charge on any atom is -0.336 e. The second-order valence-corrected chi connectivity index (χ2v) is 7.24. The van der Waals surface area contributed by atoms with Gasteiger partial charge in [-0.05, 0) is 24.3 Å². The fraction of sp³-hybridized carbons (Fsp3) is 0.263. The molecule has 1 aliphatic rings. The van der Waals surface area contributed by atoms with Gasteiger partial charge in [0.05, 0.1) is 21.3 Å². The number of carbonyl (C=O) groups excluding carboxylic acids is 1. The third-order valence-electron chi connectivity index (χ3n) is 4.61. The van der Waals surface area contributed by atoms with Gasteiger partial charge in [0.15, 0.2) is 0 Å². The van der Waals surface area contributed by atoms with Crippen LogP contribution in [0.25, 0.3) is 5.65 Å². The first-order valence-corrected chi connectivity index (χ1v) is 9.25. The molecular formula is C19H18Cl2N4O. The largest absolute Gasteiger partial charge is 0.336 e. The summed E-state index contributed by atoms with van der Waals surface area (Å²) in [4.78, 5) is 21.4. The molecule has 134 valence electrons. The minimum atomic E-state index is -0.00220. The second kappa shape index (κ2) is 7.27. The zero-order chi connectivity index (χ0) is 18.1. The van der Waals surface area contributed by atoms with E-state index in [1.165, 1.54) is 0 Å². The van der Waals surface area contributed by atoms with Crippen LogP contribution in [0.1, 0.15) is 16.1 Å². The molecule has 1 aromatic carbocycles. The molecule has 2 aromatic heterocycles. The number of benzene rings is 1. The van der Waals surface area contributed by atoms with Gasteiger partial charge in [-0.3, -0.25) is 9.69 Å². The quantitative estimate of drug-likeness (QED) is 0.688. The lowest BCUT2D eigenvalue weighted by atomic mass is 10.2. The Kier molecular flexibility index (Phi) is 4.85. The Morgan fingerprint density at radius 2 is 1.77 bits per heavy atom. The Hall–Kier alpha value is -2.08. The van der Waals surface area contributed by atoms with Gasteiger partial charge in [0.2, 0.25) is 0 Å². The van der Waals surface area contributed by atoms with Crippen LogP contribution in [0.4, 0.5) is 0 Å². The third-order valence-corrected chi connectivity index (χ3v) is 5.17. The summed E-state index contributed by atoms with van der Waals surface area (Å²) in [6, 6.07) is 10.9. The average molecular weight is 389 g/mol. The maximum atomic E-state index is 12.6. The van der Waals surface area contributed by atoms with Gasteiger partial charge in [-0.2, -0.15) is 0 Å². The molecule has 0 bridgehead atoms. The van der Waals surface area contributed by atoms with E-state index in [2.05, 4.69) is 9.88 Å². The van der Waals surface area contributed by atoms with Gasteiger partial charge in [-0.1, -0.05) is 35.3 Å². The minimum absolute atomic E-state index is 0.00220. The molecule has 1 fully saturated rings. The van der Waals surface area contributed by atoms with Crippen molar-refractivity contribution in [3.05, 3.63) is 70.1 Å². The zero-order valence-corrected chi connectivity index (χ0v) is 15.6. The molecule has 0 radical (unpaired) electrons. The van der Waals surface area contributed by atoms with Gasteiger partial charge in [-0.25, -0.2) is 4.98 Å². The van der Waals surface area contributed by atoms with E-state index in [0.717, 1.165) is 31.0 Å². The van der Waals surface area contributed by atoms with Crippen LogP contribution in [-0.4, -0.2) is 51.3 Å². The van der Waals surface area contributed by atoms with Crippen molar-refractivity contribution in [3.8, 4) is 0 Å². The topological polar surface area (TPSA) is 40.9 Å². The normalized spacial score (nSPS) is 15.5. The maximum absolute atomic E-state index is 12.6. The van der Waals surface area contributed by atoms with Crippen molar-refractivity contribution < 1.29 is 4.79 Å². The van der Waals surface area contributed by atoms with E-state index in [9.17, 15) is 4.79 Å². The summed E-state index contributed by atoms with van der Waals surface area (Å²) in [5.41, 5.74) is 2.45. The lowest BCUT2D eigenvalue weighted by Crippen LogP contribution is -2.48. The van der Waals surface area contributed by atoms with Crippen LogP contribution in [0.3, 0.4) is 0 Å². The van der Waals surface area contributed by atoms with E-state index in [1.807, 2.05) is 46.0 Å². The van der Waals surface area contributed by atoms with Crippen LogP contribution in [0.2, 0.25) is 10.0 Å². The van der Waals surface area contributed by atoms with E-state index in [1.54, 1.807) is 12.1 Å². The number of fused-ring (bicyclic) bond motifs is 1. The summed E-state index contributed by atoms with van der Waals surface area (Å²) in [7, 11) is 0. The average Bonchev–Trinajstić information content (AvgIpc) is 3.03. The predicted octanol–water partition coefficient (Wildman–Crippen LogP) is 3.60. The Morgan fingerprint density at radius 3 is 2.54 bits per heavy atom. The van der Waals surface area contributed by atoms with Crippen LogP contribution < -0.4 is 0 Å². The van der Waals surface area contributed by atoms with Crippen molar-refractivity contribution in [2.45, 2.75) is 6.54 Å². The Bertz CT molecular complexity index is 948. The van der Waals surface area contributed by atoms with Gasteiger partial charge >= 0.3 is 0 Å². The van der Waals surface area contributed by atoms with Crippen molar-refractivity contribution in [3.63, 3.8) is 0 Å². The number of hydrogen-bond acceptors (Lipinski definition) is 3. The summed E-state index contributed by atoms with van der Waals surface area (Å²) >= 11 is 12.2. The number of aromatic nitrogens is 2. The smallest absolute Gasteiger partial charge is 0.255 e. The molecule has 0 N–H and O–H groups in total. The third kappa shape index (κ3) is 3.56. The number of amides is 1. The van der Waals surface area contributed by atoms with Crippen LogP contribution >= 0.6 is 23.2 Å². The molecule has 1 amide bonds. The fourth-order valence-corrected chi connectivity index (χ4v) is 3.62. The molecule has 0 atom stereocenters. The van der Waals surface area contributed by atoms with Crippen LogP contribution in [-0.2, 0) is 6.54 Å². The molecule has 5 nitrogen and oxygen atoms in total. The van der Waals surface area contributed by atoms with E-state index < -0.39 is 0 Å². The number of halogens is 2. The summed E-state index contributed by atoms with van der Waals surface area (Å²) in [6.45, 7) is 3.75. The zero-order valence-electron chi connectivity index (χ0n) is 14.1. The summed E-state index contributed by atoms with van der Waals surface area (Å²) in [5, 5.41) is 1.19. The van der Waals surface area contributed by atoms with E-state index in [4.69, 9.17) is 23.2 Å². The number of carbonyl (C=O) groups is 1. The highest BCUT2D eigenvalue weighted by molar-refractivity contribution is 6.33. The van der Waals surface area contributed by atoms with Gasteiger partial charge in [0.1, 0.15) is 5.65 Å². The van der Waals surface area contributed by atoms with Crippen LogP contribution in [0, 0.1) is 0 Å². The highest BCUT2D eigenvalue weighted by Gasteiger charge is 2.23. The Balaban J connectivity index is 1.38. The van der Waals surface area contributed by atoms with Crippen molar-refractivity contribution in [1.29, 1.82) is 0 Å². The molecule has 0 spiro atoms. The number of piperazine rings is 1. The van der Waals surface area contributed by atoms with Gasteiger partial charge in [-0.15, -0.1) is 0 Å². The number of rotatable bonds is 3. The lowest BCUT2D eigenvalue weighted by molar-refractivity contribution is 0.0627. The predicted molar refractivity (Wildman–Crippen MR) is 103 cm³/mol. The fourth-order valence-electron chi connectivity index (χ4n) is 3.24. The molecular weight excluding hydrogens is 371 g/mol. The summed E-state index contributed by atoms with van der Waals surface area (Å²) in [5.74, 6) is -0.00220. The van der Waals surface area contributed by atoms with Gasteiger partial charge in [0.25, 0.3) is 5.91 Å². The van der Waals surface area contributed by atoms with Crippen LogP contribution in [0.5, 0.6) is 0 Å². The van der Waals surface area contributed by atoms with E-state index in [-0.39, 0.29) is 5.91 Å². The van der Waals surface area contributed by atoms with Crippen molar-refractivity contribution in [2.24, 2.45) is 0 Å². The number of nitrogens with zero attached hydrogens (tertiary/aromatic N) is 4. The molecule has 0 aliphatic carbocycles. The molecule has 0 unspecified atom stereocenters. The maximum Gasteiger partial charge on any atom is 0.255 e.